The van der Waals surface area contributed by atoms with E-state index in [4.69, 9.17) is 16.0 Å². The van der Waals surface area contributed by atoms with E-state index in [0.29, 0.717) is 22.3 Å². The number of aromatic nitrogens is 2. The normalized spacial score (nSPS) is 11.0. The van der Waals surface area contributed by atoms with Crippen LogP contribution >= 0.6 is 11.6 Å². The Morgan fingerprint density at radius 3 is 2.89 bits per heavy atom. The topological polar surface area (TPSA) is 47.5 Å². The van der Waals surface area contributed by atoms with Gasteiger partial charge in [-0.05, 0) is 6.07 Å². The molecule has 18 heavy (non-hydrogen) atoms. The van der Waals surface area contributed by atoms with Gasteiger partial charge in [0.25, 0.3) is 0 Å². The molecule has 3 aromatic rings. The highest BCUT2D eigenvalue weighted by Gasteiger charge is 2.20. The van der Waals surface area contributed by atoms with Crippen LogP contribution in [0.15, 0.2) is 41.1 Å². The van der Waals surface area contributed by atoms with E-state index in [9.17, 15) is 4.79 Å². The molecule has 0 spiro atoms. The summed E-state index contributed by atoms with van der Waals surface area (Å²) < 4.78 is 6.83. The number of Topliss-reactive ketones (excluding diaryl/α,β-unsaturated/α-hetero) is 1. The van der Waals surface area contributed by atoms with Crippen LogP contribution in [-0.2, 0) is 0 Å². The van der Waals surface area contributed by atoms with Crippen molar-refractivity contribution in [2.24, 2.45) is 0 Å². The Hall–Kier alpha value is -2.07. The Kier molecular flexibility index (Phi) is 2.45. The number of hydrogen-bond donors (Lipinski definition) is 0. The molecule has 0 aliphatic carbocycles. The molecule has 0 radical (unpaired) electrons. The van der Waals surface area contributed by atoms with Gasteiger partial charge in [-0.3, -0.25) is 9.20 Å². The lowest BCUT2D eigenvalue weighted by Gasteiger charge is -2.02. The Balaban J connectivity index is 2.35. The van der Waals surface area contributed by atoms with Gasteiger partial charge in [-0.25, -0.2) is 0 Å². The summed E-state index contributed by atoms with van der Waals surface area (Å²) >= 11 is 6.14. The molecule has 0 saturated heterocycles. The highest BCUT2D eigenvalue weighted by Crippen LogP contribution is 2.30. The largest absolute Gasteiger partial charge is 0.432 e. The molecule has 4 nitrogen and oxygen atoms in total. The van der Waals surface area contributed by atoms with E-state index in [0.717, 1.165) is 5.56 Å². The Labute approximate surface area is 108 Å². The summed E-state index contributed by atoms with van der Waals surface area (Å²) in [6, 6.07) is 7.28. The van der Waals surface area contributed by atoms with E-state index < -0.39 is 0 Å². The predicted molar refractivity (Wildman–Crippen MR) is 67.9 cm³/mol. The van der Waals surface area contributed by atoms with E-state index in [1.807, 2.05) is 18.2 Å². The van der Waals surface area contributed by atoms with Crippen LogP contribution < -0.4 is 0 Å². The highest BCUT2D eigenvalue weighted by molar-refractivity contribution is 6.33. The average Bonchev–Trinajstić information content (AvgIpc) is 2.88. The van der Waals surface area contributed by atoms with Gasteiger partial charge in [0.2, 0.25) is 0 Å². The second-order valence-corrected chi connectivity index (χ2v) is 4.31. The predicted octanol–water partition coefficient (Wildman–Crippen LogP) is 3.45. The molecule has 0 bridgehead atoms. The summed E-state index contributed by atoms with van der Waals surface area (Å²) in [7, 11) is 0. The number of nitrogens with zero attached hydrogens (tertiary/aromatic N) is 2. The van der Waals surface area contributed by atoms with Crippen molar-refractivity contribution in [3.63, 3.8) is 0 Å². The second kappa shape index (κ2) is 3.99. The molecule has 0 aliphatic heterocycles. The zero-order valence-corrected chi connectivity index (χ0v) is 10.3. The molecule has 2 heterocycles. The van der Waals surface area contributed by atoms with Gasteiger partial charge in [0.05, 0.1) is 5.02 Å². The van der Waals surface area contributed by atoms with Crippen molar-refractivity contribution in [1.29, 1.82) is 0 Å². The van der Waals surface area contributed by atoms with Crippen molar-refractivity contribution < 1.29 is 9.21 Å². The number of carbonyl (C=O) groups is 1. The highest BCUT2D eigenvalue weighted by atomic mass is 35.5. The first-order valence-electron chi connectivity index (χ1n) is 5.40. The molecule has 0 saturated carbocycles. The van der Waals surface area contributed by atoms with E-state index in [-0.39, 0.29) is 5.78 Å². The summed E-state index contributed by atoms with van der Waals surface area (Å²) in [5.41, 5.74) is 1.75. The number of benzene rings is 1. The number of carbonyl (C=O) groups excluding carboxylic acids is 1. The van der Waals surface area contributed by atoms with Gasteiger partial charge in [0.1, 0.15) is 17.7 Å². The molecule has 90 valence electrons. The number of fused-ring (bicyclic) bond motifs is 1. The van der Waals surface area contributed by atoms with E-state index in [1.165, 1.54) is 13.2 Å². The fourth-order valence-electron chi connectivity index (χ4n) is 1.96. The minimum absolute atomic E-state index is 0.0844. The molecule has 1 aromatic carbocycles. The third-order valence-corrected chi connectivity index (χ3v) is 3.05. The van der Waals surface area contributed by atoms with Gasteiger partial charge >= 0.3 is 5.84 Å². The minimum Gasteiger partial charge on any atom is -0.432 e. The van der Waals surface area contributed by atoms with E-state index in [1.54, 1.807) is 16.7 Å². The molecule has 3 rings (SSSR count). The molecule has 0 N–H and O–H groups in total. The number of oxazole rings is 1. The standard InChI is InChI=1S/C13H9ClN2O2/c1-8(17)12-11(9-4-2-3-5-10(9)14)15-13-16(12)6-7-18-13/h2-7H,1H3. The first-order valence-corrected chi connectivity index (χ1v) is 5.77. The van der Waals surface area contributed by atoms with Crippen molar-refractivity contribution in [3.05, 3.63) is 47.4 Å². The number of hydrogen-bond acceptors (Lipinski definition) is 3. The lowest BCUT2D eigenvalue weighted by Crippen LogP contribution is -1.99. The number of imidazole rings is 1. The van der Waals surface area contributed by atoms with Crippen molar-refractivity contribution >= 4 is 23.2 Å². The third kappa shape index (κ3) is 1.54. The SMILES string of the molecule is CC(=O)c1c(-c2ccccc2Cl)nc2occn12. The van der Waals surface area contributed by atoms with Gasteiger partial charge in [0.15, 0.2) is 5.78 Å². The summed E-state index contributed by atoms with van der Waals surface area (Å²) in [5.74, 6) is 0.300. The molecule has 2 aromatic heterocycles. The maximum Gasteiger partial charge on any atom is 0.306 e. The molecule has 0 amide bonds. The second-order valence-electron chi connectivity index (χ2n) is 3.90. The van der Waals surface area contributed by atoms with Crippen molar-refractivity contribution in [3.8, 4) is 11.3 Å². The van der Waals surface area contributed by atoms with Crippen molar-refractivity contribution in [2.75, 3.05) is 0 Å². The fraction of sp³-hybridized carbons (Fsp3) is 0.0769. The summed E-state index contributed by atoms with van der Waals surface area (Å²) in [4.78, 5) is 16.1. The number of rotatable bonds is 2. The molecule has 5 heteroatoms. The lowest BCUT2D eigenvalue weighted by atomic mass is 10.1. The molecular formula is C13H9ClN2O2. The van der Waals surface area contributed by atoms with Gasteiger partial charge in [-0.2, -0.15) is 4.98 Å². The Morgan fingerprint density at radius 2 is 2.17 bits per heavy atom. The number of ketones is 1. The Morgan fingerprint density at radius 1 is 1.39 bits per heavy atom. The maximum absolute atomic E-state index is 11.8. The molecular weight excluding hydrogens is 252 g/mol. The van der Waals surface area contributed by atoms with Crippen LogP contribution in [-0.4, -0.2) is 15.2 Å². The molecule has 0 atom stereocenters. The minimum atomic E-state index is -0.0844. The quantitative estimate of drug-likeness (QED) is 0.663. The lowest BCUT2D eigenvalue weighted by molar-refractivity contribution is 0.101. The van der Waals surface area contributed by atoms with Crippen LogP contribution in [0.1, 0.15) is 17.4 Å². The van der Waals surface area contributed by atoms with Crippen LogP contribution in [0.4, 0.5) is 0 Å². The first-order chi connectivity index (χ1) is 8.68. The third-order valence-electron chi connectivity index (χ3n) is 2.72. The van der Waals surface area contributed by atoms with Crippen LogP contribution in [0.5, 0.6) is 0 Å². The number of halogens is 1. The van der Waals surface area contributed by atoms with E-state index >= 15 is 0 Å². The fourth-order valence-corrected chi connectivity index (χ4v) is 2.19. The average molecular weight is 261 g/mol. The summed E-state index contributed by atoms with van der Waals surface area (Å²) in [6.07, 6.45) is 3.16. The zero-order valence-electron chi connectivity index (χ0n) is 9.55. The summed E-state index contributed by atoms with van der Waals surface area (Å²) in [6.45, 7) is 1.50. The monoisotopic (exact) mass is 260 g/mol. The van der Waals surface area contributed by atoms with Crippen LogP contribution in [0, 0.1) is 0 Å². The smallest absolute Gasteiger partial charge is 0.306 e. The van der Waals surface area contributed by atoms with Gasteiger partial charge < -0.3 is 4.42 Å². The Bertz CT molecular complexity index is 742. The van der Waals surface area contributed by atoms with Gasteiger partial charge in [-0.15, -0.1) is 0 Å². The van der Waals surface area contributed by atoms with Crippen molar-refractivity contribution in [1.82, 2.24) is 9.38 Å². The van der Waals surface area contributed by atoms with E-state index in [2.05, 4.69) is 4.98 Å². The van der Waals surface area contributed by atoms with Crippen LogP contribution in [0.2, 0.25) is 5.02 Å². The van der Waals surface area contributed by atoms with Crippen molar-refractivity contribution in [2.45, 2.75) is 6.92 Å². The van der Waals surface area contributed by atoms with Gasteiger partial charge in [0, 0.05) is 18.7 Å². The molecule has 0 unspecified atom stereocenters. The van der Waals surface area contributed by atoms with Gasteiger partial charge in [-0.1, -0.05) is 29.8 Å². The first kappa shape index (κ1) is 11.0. The maximum atomic E-state index is 11.8. The van der Waals surface area contributed by atoms with Crippen LogP contribution in [0.3, 0.4) is 0 Å². The molecule has 0 aliphatic rings. The summed E-state index contributed by atoms with van der Waals surface area (Å²) in [5, 5.41) is 0.556. The van der Waals surface area contributed by atoms with Crippen LogP contribution in [0.25, 0.3) is 17.1 Å². The zero-order chi connectivity index (χ0) is 12.7. The molecule has 0 fully saturated rings.